The minimum Gasteiger partial charge on any atom is -0.487 e. The summed E-state index contributed by atoms with van der Waals surface area (Å²) in [6.07, 6.45) is 1.06. The Kier molecular flexibility index (Phi) is 3.35. The van der Waals surface area contributed by atoms with Crippen molar-refractivity contribution in [3.05, 3.63) is 40.6 Å². The summed E-state index contributed by atoms with van der Waals surface area (Å²) in [6.45, 7) is 4.09. The van der Waals surface area contributed by atoms with Gasteiger partial charge in [-0.25, -0.2) is 0 Å². The molecule has 0 saturated heterocycles. The molecule has 3 N–H and O–H groups in total. The van der Waals surface area contributed by atoms with Gasteiger partial charge in [0.15, 0.2) is 5.82 Å². The van der Waals surface area contributed by atoms with Crippen LogP contribution >= 0.6 is 0 Å². The number of anilines is 1. The van der Waals surface area contributed by atoms with Crippen molar-refractivity contribution in [2.45, 2.75) is 38.2 Å². The molecule has 2 aromatic rings. The second kappa shape index (κ2) is 5.34. The quantitative estimate of drug-likeness (QED) is 0.778. The summed E-state index contributed by atoms with van der Waals surface area (Å²) >= 11 is 0. The molecule has 1 atom stereocenters. The second-order valence-corrected chi connectivity index (χ2v) is 7.12. The minimum atomic E-state index is -0.280. The highest BCUT2D eigenvalue weighted by molar-refractivity contribution is 6.00. The molecule has 1 aromatic carbocycles. The van der Waals surface area contributed by atoms with Crippen molar-refractivity contribution in [1.29, 1.82) is 0 Å². The number of rotatable bonds is 2. The Morgan fingerprint density at radius 3 is 2.96 bits per heavy atom. The monoisotopic (exact) mass is 340 g/mol. The van der Waals surface area contributed by atoms with Gasteiger partial charge in [0, 0.05) is 36.9 Å². The van der Waals surface area contributed by atoms with Crippen LogP contribution in [0.25, 0.3) is 0 Å². The highest BCUT2D eigenvalue weighted by Crippen LogP contribution is 2.46. The molecule has 2 aliphatic heterocycles. The molecule has 3 heterocycles. The van der Waals surface area contributed by atoms with Crippen LogP contribution in [0.15, 0.2) is 18.2 Å². The van der Waals surface area contributed by atoms with Gasteiger partial charge >= 0.3 is 0 Å². The average molecular weight is 340 g/mol. The van der Waals surface area contributed by atoms with Crippen molar-refractivity contribution in [3.63, 3.8) is 0 Å². The zero-order valence-corrected chi connectivity index (χ0v) is 14.4. The average Bonchev–Trinajstić information content (AvgIpc) is 3.11. The third-order valence-corrected chi connectivity index (χ3v) is 4.75. The molecule has 0 radical (unpaired) electrons. The smallest absolute Gasteiger partial charge is 0.269 e. The van der Waals surface area contributed by atoms with Gasteiger partial charge < -0.3 is 15.4 Å². The number of hydrogen-bond donors (Lipinski definition) is 3. The number of ether oxygens (including phenoxy) is 1. The number of carbonyl (C=O) groups excluding carboxylic acids is 2. The third-order valence-electron chi connectivity index (χ3n) is 4.75. The second-order valence-electron chi connectivity index (χ2n) is 7.12. The van der Waals surface area contributed by atoms with Crippen LogP contribution in [0.4, 0.5) is 5.82 Å². The maximum Gasteiger partial charge on any atom is 0.269 e. The van der Waals surface area contributed by atoms with Gasteiger partial charge in [0.1, 0.15) is 17.0 Å². The maximum absolute atomic E-state index is 12.2. The predicted molar refractivity (Wildman–Crippen MR) is 91.9 cm³/mol. The molecule has 130 valence electrons. The van der Waals surface area contributed by atoms with Crippen LogP contribution in [-0.2, 0) is 11.2 Å². The lowest BCUT2D eigenvalue weighted by Crippen LogP contribution is -2.27. The summed E-state index contributed by atoms with van der Waals surface area (Å²) in [5.41, 5.74) is 2.85. The predicted octanol–water partition coefficient (Wildman–Crippen LogP) is 1.96. The van der Waals surface area contributed by atoms with Crippen molar-refractivity contribution < 1.29 is 14.3 Å². The summed E-state index contributed by atoms with van der Waals surface area (Å²) in [7, 11) is 1.57. The lowest BCUT2D eigenvalue weighted by Gasteiger charge is -2.25. The Morgan fingerprint density at radius 2 is 2.20 bits per heavy atom. The van der Waals surface area contributed by atoms with Crippen LogP contribution in [0.2, 0.25) is 0 Å². The summed E-state index contributed by atoms with van der Waals surface area (Å²) in [4.78, 5) is 24.4. The van der Waals surface area contributed by atoms with E-state index in [1.165, 1.54) is 0 Å². The first-order chi connectivity index (χ1) is 11.9. The molecule has 4 rings (SSSR count). The highest BCUT2D eigenvalue weighted by atomic mass is 16.5. The fourth-order valence-electron chi connectivity index (χ4n) is 3.73. The van der Waals surface area contributed by atoms with Gasteiger partial charge in [0.05, 0.1) is 0 Å². The largest absolute Gasteiger partial charge is 0.487 e. The van der Waals surface area contributed by atoms with E-state index >= 15 is 0 Å². The molecule has 25 heavy (non-hydrogen) atoms. The lowest BCUT2D eigenvalue weighted by molar-refractivity contribution is -0.116. The fourth-order valence-corrected chi connectivity index (χ4v) is 3.73. The van der Waals surface area contributed by atoms with E-state index < -0.39 is 0 Å². The van der Waals surface area contributed by atoms with Gasteiger partial charge in [-0.2, -0.15) is 5.10 Å². The van der Waals surface area contributed by atoms with Crippen molar-refractivity contribution in [3.8, 4) is 5.75 Å². The van der Waals surface area contributed by atoms with E-state index in [1.807, 2.05) is 32.0 Å². The number of nitrogens with one attached hydrogen (secondary N) is 3. The minimum absolute atomic E-state index is 0.123. The number of fused-ring (bicyclic) bond motifs is 2. The number of aromatic amines is 1. The summed E-state index contributed by atoms with van der Waals surface area (Å²) < 4.78 is 6.17. The first-order valence-electron chi connectivity index (χ1n) is 8.30. The zero-order valence-electron chi connectivity index (χ0n) is 14.4. The molecule has 2 amide bonds. The molecule has 0 bridgehead atoms. The summed E-state index contributed by atoms with van der Waals surface area (Å²) in [5.74, 6) is 0.571. The topological polar surface area (TPSA) is 96.1 Å². The van der Waals surface area contributed by atoms with Crippen molar-refractivity contribution in [1.82, 2.24) is 15.5 Å². The first kappa shape index (κ1) is 15.7. The maximum atomic E-state index is 12.2. The Balaban J connectivity index is 1.87. The van der Waals surface area contributed by atoms with Crippen molar-refractivity contribution >= 4 is 17.6 Å². The molecule has 0 saturated carbocycles. The number of amides is 2. The Hall–Kier alpha value is -2.83. The van der Waals surface area contributed by atoms with E-state index in [0.717, 1.165) is 23.3 Å². The molecule has 0 unspecified atom stereocenters. The standard InChI is InChI=1S/C18H20N4O3/c1-18(2)8-9-5-4-6-10(15(9)25-18)11-7-12(23)20-16-13(11)14(21-22-16)17(24)19-3/h4-6,11H,7-8H2,1-3H3,(H,19,24)(H2,20,21,22,23)/t11-/m1/s1. The van der Waals surface area contributed by atoms with Gasteiger partial charge in [-0.1, -0.05) is 18.2 Å². The van der Waals surface area contributed by atoms with E-state index in [1.54, 1.807) is 7.05 Å². The summed E-state index contributed by atoms with van der Waals surface area (Å²) in [5, 5.41) is 12.2. The van der Waals surface area contributed by atoms with E-state index in [9.17, 15) is 9.59 Å². The van der Waals surface area contributed by atoms with Crippen LogP contribution < -0.4 is 15.4 Å². The molecule has 0 fully saturated rings. The Bertz CT molecular complexity index is 884. The van der Waals surface area contributed by atoms with Crippen molar-refractivity contribution in [2.75, 3.05) is 12.4 Å². The van der Waals surface area contributed by atoms with Gasteiger partial charge in [-0.05, 0) is 19.4 Å². The number of H-pyrrole nitrogens is 1. The first-order valence-corrected chi connectivity index (χ1v) is 8.30. The number of aromatic nitrogens is 2. The fraction of sp³-hybridized carbons (Fsp3) is 0.389. The van der Waals surface area contributed by atoms with Crippen LogP contribution in [0.3, 0.4) is 0 Å². The molecular weight excluding hydrogens is 320 g/mol. The van der Waals surface area contributed by atoms with E-state index in [-0.39, 0.29) is 29.8 Å². The number of para-hydroxylation sites is 1. The van der Waals surface area contributed by atoms with E-state index in [4.69, 9.17) is 4.74 Å². The van der Waals surface area contributed by atoms with Crippen LogP contribution in [0, 0.1) is 0 Å². The SMILES string of the molecule is CNC(=O)c1[nH]nc2c1[C@@H](c1cccc3c1OC(C)(C)C3)CC(=O)N2. The molecule has 1 aromatic heterocycles. The molecule has 7 heteroatoms. The van der Waals surface area contributed by atoms with Crippen LogP contribution in [-0.4, -0.2) is 34.7 Å². The van der Waals surface area contributed by atoms with Gasteiger partial charge in [0.2, 0.25) is 5.91 Å². The normalized spacial score (nSPS) is 20.3. The highest BCUT2D eigenvalue weighted by Gasteiger charge is 2.38. The summed E-state index contributed by atoms with van der Waals surface area (Å²) in [6, 6.07) is 5.99. The lowest BCUT2D eigenvalue weighted by atomic mass is 9.84. The molecule has 7 nitrogen and oxygen atoms in total. The molecule has 0 aliphatic carbocycles. The van der Waals surface area contributed by atoms with Gasteiger partial charge in [-0.3, -0.25) is 14.7 Å². The number of carbonyl (C=O) groups is 2. The Morgan fingerprint density at radius 1 is 1.40 bits per heavy atom. The molecule has 2 aliphatic rings. The third kappa shape index (κ3) is 2.47. The van der Waals surface area contributed by atoms with Gasteiger partial charge in [-0.15, -0.1) is 0 Å². The molecular formula is C18H20N4O3. The molecule has 0 spiro atoms. The number of nitrogens with zero attached hydrogens (tertiary/aromatic N) is 1. The van der Waals surface area contributed by atoms with Crippen molar-refractivity contribution in [2.24, 2.45) is 0 Å². The number of hydrogen-bond acceptors (Lipinski definition) is 4. The zero-order chi connectivity index (χ0) is 17.8. The van der Waals surface area contributed by atoms with E-state index in [2.05, 4.69) is 20.8 Å². The van der Waals surface area contributed by atoms with Gasteiger partial charge in [0.25, 0.3) is 5.91 Å². The van der Waals surface area contributed by atoms with E-state index in [0.29, 0.717) is 17.1 Å². The van der Waals surface area contributed by atoms with Crippen LogP contribution in [0.5, 0.6) is 5.75 Å². The number of benzene rings is 1. The Labute approximate surface area is 145 Å². The van der Waals surface area contributed by atoms with Crippen LogP contribution in [0.1, 0.15) is 53.4 Å².